The Kier molecular flexibility index (Phi) is 7.25. The number of anilines is 1. The summed E-state index contributed by atoms with van der Waals surface area (Å²) in [4.78, 5) is 57.8. The van der Waals surface area contributed by atoms with Crippen molar-refractivity contribution in [3.05, 3.63) is 22.5 Å². The molecule has 0 aliphatic carbocycles. The first-order valence-electron chi connectivity index (χ1n) is 6.70. The third-order valence-corrected chi connectivity index (χ3v) is 7.51. The van der Waals surface area contributed by atoms with Gasteiger partial charge in [-0.05, 0) is 0 Å². The summed E-state index contributed by atoms with van der Waals surface area (Å²) in [5.41, 5.74) is 3.12. The standard InChI is InChI=1S/C8H13FN3O12P3S/c9-4-1-12(8(13)11-7(4)10)5-3-28-6(22-5)2-21-26(17,18)24-27(19,20)23-25(14,15)16/h1,5-6H,2-3H2,(H,17,18)(H,19,20)(H2,10,11,13)(H2,14,15,16)/p-4/t5-,6+/m0/s1. The van der Waals surface area contributed by atoms with Crippen molar-refractivity contribution < 1.29 is 55.5 Å². The average Bonchev–Trinajstić information content (AvgIpc) is 2.94. The number of hydrogen-bond donors (Lipinski definition) is 1. The van der Waals surface area contributed by atoms with E-state index in [9.17, 15) is 42.5 Å². The minimum absolute atomic E-state index is 0.0295. The van der Waals surface area contributed by atoms with Crippen LogP contribution in [0.2, 0.25) is 0 Å². The molecule has 2 N–H and O–H groups in total. The second-order valence-electron chi connectivity index (χ2n) is 4.82. The normalized spacial score (nSPS) is 24.6. The smallest absolute Gasteiger partial charge is 0.351 e. The number of aromatic nitrogens is 2. The van der Waals surface area contributed by atoms with Crippen LogP contribution in [0.4, 0.5) is 10.2 Å². The molecular weight excluding hydrogens is 474 g/mol. The molecule has 1 aliphatic heterocycles. The molecule has 1 fully saturated rings. The first-order valence-corrected chi connectivity index (χ1v) is 12.1. The fourth-order valence-corrected chi connectivity index (χ4v) is 5.72. The van der Waals surface area contributed by atoms with Crippen molar-refractivity contribution in [3.63, 3.8) is 0 Å². The van der Waals surface area contributed by atoms with Gasteiger partial charge >= 0.3 is 5.69 Å². The van der Waals surface area contributed by atoms with E-state index in [4.69, 9.17) is 10.5 Å². The van der Waals surface area contributed by atoms with Crippen molar-refractivity contribution in [3.8, 4) is 0 Å². The Hall–Kier alpha value is -0.670. The number of hydrogen-bond acceptors (Lipinski definition) is 15. The lowest BCUT2D eigenvalue weighted by atomic mass is 10.5. The molecule has 0 saturated carbocycles. The van der Waals surface area contributed by atoms with Crippen molar-refractivity contribution in [2.24, 2.45) is 0 Å². The van der Waals surface area contributed by atoms with Crippen LogP contribution in [0, 0.1) is 5.82 Å². The number of thioether (sulfide) groups is 1. The van der Waals surface area contributed by atoms with Gasteiger partial charge in [0.25, 0.3) is 15.6 Å². The number of rotatable bonds is 8. The van der Waals surface area contributed by atoms with Crippen molar-refractivity contribution in [1.29, 1.82) is 0 Å². The van der Waals surface area contributed by atoms with Crippen molar-refractivity contribution in [2.75, 3.05) is 18.1 Å². The first-order chi connectivity index (χ1) is 12.7. The van der Waals surface area contributed by atoms with E-state index in [1.54, 1.807) is 0 Å². The summed E-state index contributed by atoms with van der Waals surface area (Å²) < 4.78 is 62.7. The number of halogens is 1. The van der Waals surface area contributed by atoms with Crippen LogP contribution in [0.3, 0.4) is 0 Å². The van der Waals surface area contributed by atoms with Gasteiger partial charge in [-0.2, -0.15) is 4.98 Å². The molecule has 0 spiro atoms. The fraction of sp³-hybridized carbons (Fsp3) is 0.500. The molecule has 1 aromatic heterocycles. The molecule has 0 bridgehead atoms. The van der Waals surface area contributed by atoms with Crippen molar-refractivity contribution in [1.82, 2.24) is 9.55 Å². The molecule has 1 saturated heterocycles. The number of phosphoric acid groups is 3. The van der Waals surface area contributed by atoms with Crippen LogP contribution in [0.1, 0.15) is 6.23 Å². The number of nitrogens with two attached hydrogens (primary N) is 1. The van der Waals surface area contributed by atoms with E-state index in [-0.39, 0.29) is 5.75 Å². The fourth-order valence-electron chi connectivity index (χ4n) is 1.78. The topological polar surface area (TPSA) is 241 Å². The van der Waals surface area contributed by atoms with Crippen LogP contribution in [0.5, 0.6) is 0 Å². The van der Waals surface area contributed by atoms with Crippen molar-refractivity contribution in [2.45, 2.75) is 11.7 Å². The Morgan fingerprint density at radius 3 is 2.54 bits per heavy atom. The SMILES string of the molecule is Nc1nc(=O)n([C@@H]2CS[C@H](COP(=O)([O-])OP(=O)([O-])OP(=O)([O-])[O-])O2)cc1F. The lowest BCUT2D eigenvalue weighted by Gasteiger charge is -2.37. The van der Waals surface area contributed by atoms with Gasteiger partial charge in [0.2, 0.25) is 0 Å². The summed E-state index contributed by atoms with van der Waals surface area (Å²) in [6.45, 7) is -0.839. The van der Waals surface area contributed by atoms with Crippen LogP contribution < -0.4 is 31.0 Å². The van der Waals surface area contributed by atoms with Gasteiger partial charge < -0.3 is 39.1 Å². The molecule has 4 atom stereocenters. The van der Waals surface area contributed by atoms with Gasteiger partial charge in [-0.1, -0.05) is 0 Å². The molecule has 2 unspecified atom stereocenters. The minimum atomic E-state index is -6.09. The largest absolute Gasteiger partial charge is 0.790 e. The second-order valence-corrected chi connectivity index (χ2v) is 10.3. The minimum Gasteiger partial charge on any atom is -0.790 e. The third kappa shape index (κ3) is 6.99. The van der Waals surface area contributed by atoms with Gasteiger partial charge in [0.15, 0.2) is 11.6 Å². The second kappa shape index (κ2) is 8.60. The first kappa shape index (κ1) is 23.6. The predicted molar refractivity (Wildman–Crippen MR) is 80.2 cm³/mol. The van der Waals surface area contributed by atoms with Crippen LogP contribution in [-0.4, -0.2) is 27.3 Å². The van der Waals surface area contributed by atoms with Gasteiger partial charge in [0, 0.05) is 5.75 Å². The predicted octanol–water partition coefficient (Wildman–Crippen LogP) is -2.63. The molecule has 2 heterocycles. The summed E-state index contributed by atoms with van der Waals surface area (Å²) in [5.74, 6) is -1.59. The summed E-state index contributed by atoms with van der Waals surface area (Å²) >= 11 is 0.906. The maximum atomic E-state index is 13.4. The molecule has 0 amide bonds. The number of nitrogens with zero attached hydrogens (tertiary/aromatic N) is 2. The quantitative estimate of drug-likeness (QED) is 0.372. The summed E-state index contributed by atoms with van der Waals surface area (Å²) in [6, 6.07) is 0. The lowest BCUT2D eigenvalue weighted by Crippen LogP contribution is -2.30. The van der Waals surface area contributed by atoms with Gasteiger partial charge in [-0.3, -0.25) is 18.0 Å². The molecule has 160 valence electrons. The van der Waals surface area contributed by atoms with Crippen LogP contribution in [0.15, 0.2) is 11.0 Å². The molecule has 0 radical (unpaired) electrons. The average molecular weight is 483 g/mol. The molecule has 15 nitrogen and oxygen atoms in total. The number of ether oxygens (including phenoxy) is 1. The maximum absolute atomic E-state index is 13.4. The van der Waals surface area contributed by atoms with Gasteiger partial charge in [0.05, 0.1) is 20.6 Å². The summed E-state index contributed by atoms with van der Waals surface area (Å²) in [6.07, 6.45) is -0.336. The Bertz CT molecular complexity index is 937. The zero-order valence-electron chi connectivity index (χ0n) is 13.1. The molecule has 20 heteroatoms. The van der Waals surface area contributed by atoms with E-state index in [0.717, 1.165) is 22.5 Å². The Balaban J connectivity index is 1.95. The highest BCUT2D eigenvalue weighted by atomic mass is 32.2. The van der Waals surface area contributed by atoms with E-state index in [1.807, 2.05) is 0 Å². The number of nitrogen functional groups attached to an aromatic ring is 1. The van der Waals surface area contributed by atoms with Gasteiger partial charge in [0.1, 0.15) is 11.7 Å². The Morgan fingerprint density at radius 2 is 1.93 bits per heavy atom. The maximum Gasteiger partial charge on any atom is 0.351 e. The van der Waals surface area contributed by atoms with Gasteiger partial charge in [-0.25, -0.2) is 13.5 Å². The zero-order chi connectivity index (χ0) is 21.3. The molecule has 0 aromatic carbocycles. The molecule has 1 aromatic rings. The summed E-state index contributed by atoms with van der Waals surface area (Å²) in [7, 11) is -17.8. The van der Waals surface area contributed by atoms with Crippen LogP contribution in [-0.2, 0) is 31.6 Å². The molecule has 28 heavy (non-hydrogen) atoms. The van der Waals surface area contributed by atoms with E-state index in [1.165, 1.54) is 0 Å². The van der Waals surface area contributed by atoms with Crippen molar-refractivity contribution >= 4 is 41.0 Å². The third-order valence-electron chi connectivity index (χ3n) is 2.75. The highest BCUT2D eigenvalue weighted by Gasteiger charge is 2.31. The molecule has 2 rings (SSSR count). The molecular formula is C8H9FN3O12P3S-4. The summed E-state index contributed by atoms with van der Waals surface area (Å²) in [5, 5.41) is 0. The zero-order valence-corrected chi connectivity index (χ0v) is 16.6. The van der Waals surface area contributed by atoms with Crippen LogP contribution in [0.25, 0.3) is 0 Å². The lowest BCUT2D eigenvalue weighted by molar-refractivity contribution is -0.339. The molecule has 1 aliphatic rings. The Morgan fingerprint density at radius 1 is 1.29 bits per heavy atom. The Labute approximate surface area is 159 Å². The van der Waals surface area contributed by atoms with E-state index in [0.29, 0.717) is 0 Å². The van der Waals surface area contributed by atoms with Crippen LogP contribution >= 0.6 is 35.2 Å². The van der Waals surface area contributed by atoms with E-state index in [2.05, 4.69) is 18.1 Å². The van der Waals surface area contributed by atoms with E-state index >= 15 is 0 Å². The number of phosphoric ester groups is 1. The highest BCUT2D eigenvalue weighted by Crippen LogP contribution is 2.60. The monoisotopic (exact) mass is 483 g/mol. The van der Waals surface area contributed by atoms with E-state index < -0.39 is 59.1 Å². The highest BCUT2D eigenvalue weighted by molar-refractivity contribution is 8.00. The van der Waals surface area contributed by atoms with Gasteiger partial charge in [-0.15, -0.1) is 11.8 Å².